The molecule has 3 rings (SSSR count). The van der Waals surface area contributed by atoms with E-state index in [1.54, 1.807) is 0 Å². The van der Waals surface area contributed by atoms with Gasteiger partial charge in [-0.05, 0) is 43.6 Å². The second-order valence-corrected chi connectivity index (χ2v) is 6.03. The molecule has 0 spiro atoms. The van der Waals surface area contributed by atoms with Crippen molar-refractivity contribution < 1.29 is 4.79 Å². The van der Waals surface area contributed by atoms with Crippen molar-refractivity contribution >= 4 is 5.78 Å². The summed E-state index contributed by atoms with van der Waals surface area (Å²) in [6.45, 7) is 2.10. The van der Waals surface area contributed by atoms with Crippen LogP contribution in [0.25, 0.3) is 0 Å². The molecule has 3 unspecified atom stereocenters. The predicted molar refractivity (Wildman–Crippen MR) is 70.2 cm³/mol. The second-order valence-electron chi connectivity index (χ2n) is 6.03. The summed E-state index contributed by atoms with van der Waals surface area (Å²) in [6, 6.07) is 2.09. The Balaban J connectivity index is 1.68. The number of hydrogen-bond acceptors (Lipinski definition) is 2. The normalized spacial score (nSPS) is 30.0. The number of fused-ring (bicyclic) bond motifs is 2. The van der Waals surface area contributed by atoms with E-state index in [0.29, 0.717) is 24.0 Å². The van der Waals surface area contributed by atoms with Gasteiger partial charge in [0.05, 0.1) is 5.69 Å². The van der Waals surface area contributed by atoms with E-state index >= 15 is 0 Å². The number of ketones is 1. The molecule has 1 heterocycles. The molecule has 3 atom stereocenters. The van der Waals surface area contributed by atoms with Crippen molar-refractivity contribution in [3.63, 3.8) is 0 Å². The van der Waals surface area contributed by atoms with Crippen molar-refractivity contribution in [2.45, 2.75) is 45.4 Å². The zero-order valence-corrected chi connectivity index (χ0v) is 11.4. The van der Waals surface area contributed by atoms with Crippen molar-refractivity contribution in [1.29, 1.82) is 0 Å². The number of carbonyl (C=O) groups excluding carboxylic acids is 1. The monoisotopic (exact) mass is 246 g/mol. The first kappa shape index (κ1) is 11.9. The van der Waals surface area contributed by atoms with Gasteiger partial charge in [-0.3, -0.25) is 9.48 Å². The molecular weight excluding hydrogens is 224 g/mol. The highest BCUT2D eigenvalue weighted by molar-refractivity contribution is 5.83. The maximum absolute atomic E-state index is 12.4. The van der Waals surface area contributed by atoms with Crippen molar-refractivity contribution in [3.8, 4) is 0 Å². The Morgan fingerprint density at radius 2 is 2.28 bits per heavy atom. The zero-order chi connectivity index (χ0) is 12.7. The minimum Gasteiger partial charge on any atom is -0.299 e. The Kier molecular flexibility index (Phi) is 3.00. The Hall–Kier alpha value is -1.12. The molecule has 2 aliphatic rings. The average molecular weight is 246 g/mol. The van der Waals surface area contributed by atoms with Crippen molar-refractivity contribution in [2.24, 2.45) is 24.8 Å². The maximum Gasteiger partial charge on any atom is 0.142 e. The van der Waals surface area contributed by atoms with Crippen molar-refractivity contribution in [3.05, 3.63) is 17.5 Å². The fraction of sp³-hybridized carbons (Fsp3) is 0.733. The van der Waals surface area contributed by atoms with E-state index in [9.17, 15) is 4.79 Å². The third-order valence-electron chi connectivity index (χ3n) is 4.90. The molecule has 0 aromatic carbocycles. The molecular formula is C15H22N2O. The number of Topliss-reactive ketones (excluding diaryl/α,β-unsaturated/α-hetero) is 1. The van der Waals surface area contributed by atoms with E-state index in [4.69, 9.17) is 0 Å². The largest absolute Gasteiger partial charge is 0.299 e. The van der Waals surface area contributed by atoms with Crippen LogP contribution < -0.4 is 0 Å². The van der Waals surface area contributed by atoms with Crippen LogP contribution in [0.5, 0.6) is 0 Å². The molecule has 1 aromatic rings. The van der Waals surface area contributed by atoms with Gasteiger partial charge in [-0.15, -0.1) is 0 Å². The summed E-state index contributed by atoms with van der Waals surface area (Å²) < 4.78 is 1.88. The number of aromatic nitrogens is 2. The van der Waals surface area contributed by atoms with Crippen LogP contribution in [0, 0.1) is 17.8 Å². The third-order valence-corrected chi connectivity index (χ3v) is 4.90. The summed E-state index contributed by atoms with van der Waals surface area (Å²) >= 11 is 0. The highest BCUT2D eigenvalue weighted by atomic mass is 16.1. The van der Waals surface area contributed by atoms with E-state index in [1.165, 1.54) is 19.3 Å². The highest BCUT2D eigenvalue weighted by Gasteiger charge is 2.42. The summed E-state index contributed by atoms with van der Waals surface area (Å²) in [7, 11) is 1.95. The molecule has 0 radical (unpaired) electrons. The molecule has 98 valence electrons. The molecule has 2 saturated carbocycles. The lowest BCUT2D eigenvalue weighted by Gasteiger charge is -2.20. The fourth-order valence-corrected chi connectivity index (χ4v) is 3.86. The summed E-state index contributed by atoms with van der Waals surface area (Å²) in [4.78, 5) is 12.4. The van der Waals surface area contributed by atoms with E-state index in [-0.39, 0.29) is 0 Å². The lowest BCUT2D eigenvalue weighted by Crippen LogP contribution is -2.23. The Bertz CT molecular complexity index is 463. The molecule has 3 heteroatoms. The average Bonchev–Trinajstić information content (AvgIpc) is 3.05. The van der Waals surface area contributed by atoms with Crippen LogP contribution in [0.2, 0.25) is 0 Å². The standard InChI is InChI=1S/C15H22N2O/c1-3-12-8-13(17(2)16-12)9-15(18)14-7-10-4-5-11(14)6-10/h8,10-11,14H,3-7,9H2,1-2H3. The Morgan fingerprint density at radius 1 is 1.44 bits per heavy atom. The maximum atomic E-state index is 12.4. The van der Waals surface area contributed by atoms with Crippen LogP contribution in [-0.2, 0) is 24.7 Å². The van der Waals surface area contributed by atoms with Gasteiger partial charge in [0.15, 0.2) is 0 Å². The van der Waals surface area contributed by atoms with Gasteiger partial charge in [0.25, 0.3) is 0 Å². The topological polar surface area (TPSA) is 34.9 Å². The Morgan fingerprint density at radius 3 is 2.83 bits per heavy atom. The summed E-state index contributed by atoms with van der Waals surface area (Å²) in [6.07, 6.45) is 6.63. The van der Waals surface area contributed by atoms with Gasteiger partial charge in [0.1, 0.15) is 5.78 Å². The first-order chi connectivity index (χ1) is 8.67. The van der Waals surface area contributed by atoms with Crippen LogP contribution in [0.1, 0.15) is 44.0 Å². The van der Waals surface area contributed by atoms with Gasteiger partial charge in [0, 0.05) is 25.1 Å². The predicted octanol–water partition coefficient (Wildman–Crippen LogP) is 2.53. The smallest absolute Gasteiger partial charge is 0.142 e. The molecule has 0 amide bonds. The van der Waals surface area contributed by atoms with Crippen LogP contribution in [0.3, 0.4) is 0 Å². The fourth-order valence-electron chi connectivity index (χ4n) is 3.86. The molecule has 2 bridgehead atoms. The van der Waals surface area contributed by atoms with Gasteiger partial charge in [-0.2, -0.15) is 5.10 Å². The van der Waals surface area contributed by atoms with E-state index in [2.05, 4.69) is 18.1 Å². The van der Waals surface area contributed by atoms with E-state index < -0.39 is 0 Å². The lowest BCUT2D eigenvalue weighted by atomic mass is 9.84. The minimum atomic E-state index is 0.351. The molecule has 0 saturated heterocycles. The molecule has 18 heavy (non-hydrogen) atoms. The van der Waals surface area contributed by atoms with Gasteiger partial charge in [-0.25, -0.2) is 0 Å². The molecule has 0 N–H and O–H groups in total. The first-order valence-electron chi connectivity index (χ1n) is 7.22. The zero-order valence-electron chi connectivity index (χ0n) is 11.4. The minimum absolute atomic E-state index is 0.351. The van der Waals surface area contributed by atoms with Crippen LogP contribution in [0.4, 0.5) is 0 Å². The number of aryl methyl sites for hydroxylation is 2. The van der Waals surface area contributed by atoms with Gasteiger partial charge in [-0.1, -0.05) is 13.3 Å². The van der Waals surface area contributed by atoms with Crippen molar-refractivity contribution in [2.75, 3.05) is 0 Å². The first-order valence-corrected chi connectivity index (χ1v) is 7.22. The lowest BCUT2D eigenvalue weighted by molar-refractivity contribution is -0.123. The van der Waals surface area contributed by atoms with Gasteiger partial charge >= 0.3 is 0 Å². The summed E-state index contributed by atoms with van der Waals surface area (Å²) in [5, 5.41) is 4.42. The van der Waals surface area contributed by atoms with Gasteiger partial charge < -0.3 is 0 Å². The second kappa shape index (κ2) is 4.52. The number of hydrogen-bond donors (Lipinski definition) is 0. The molecule has 2 aliphatic carbocycles. The van der Waals surface area contributed by atoms with Crippen LogP contribution in [-0.4, -0.2) is 15.6 Å². The quantitative estimate of drug-likeness (QED) is 0.818. The van der Waals surface area contributed by atoms with Crippen LogP contribution in [0.15, 0.2) is 6.07 Å². The molecule has 2 fully saturated rings. The highest BCUT2D eigenvalue weighted by Crippen LogP contribution is 2.48. The third kappa shape index (κ3) is 2.00. The number of rotatable bonds is 4. The molecule has 3 nitrogen and oxygen atoms in total. The van der Waals surface area contributed by atoms with E-state index in [1.807, 2.05) is 11.7 Å². The molecule has 1 aromatic heterocycles. The number of carbonyl (C=O) groups is 1. The van der Waals surface area contributed by atoms with Crippen molar-refractivity contribution in [1.82, 2.24) is 9.78 Å². The van der Waals surface area contributed by atoms with Gasteiger partial charge in [0.2, 0.25) is 0 Å². The van der Waals surface area contributed by atoms with Crippen LogP contribution >= 0.6 is 0 Å². The summed E-state index contributed by atoms with van der Waals surface area (Å²) in [5.74, 6) is 2.35. The van der Waals surface area contributed by atoms with E-state index in [0.717, 1.165) is 30.1 Å². The molecule has 0 aliphatic heterocycles. The Labute approximate surface area is 109 Å². The summed E-state index contributed by atoms with van der Waals surface area (Å²) in [5.41, 5.74) is 2.17. The SMILES string of the molecule is CCc1cc(CC(=O)C2CC3CCC2C3)n(C)n1. The number of nitrogens with zero attached hydrogens (tertiary/aromatic N) is 2.